The number of imidazole rings is 1. The highest BCUT2D eigenvalue weighted by atomic mass is 16.7. The van der Waals surface area contributed by atoms with Crippen LogP contribution in [-0.4, -0.2) is 116 Å². The molecule has 0 aromatic carbocycles. The number of rotatable bonds is 12. The van der Waals surface area contributed by atoms with Gasteiger partial charge >= 0.3 is 0 Å². The number of nitrogens with one attached hydrogen (secondary N) is 2. The number of aliphatic hydroxyl groups is 3. The Morgan fingerprint density at radius 3 is 2.55 bits per heavy atom. The van der Waals surface area contributed by atoms with Crippen LogP contribution in [0.3, 0.4) is 0 Å². The van der Waals surface area contributed by atoms with Gasteiger partial charge in [-0.25, -0.2) is 15.0 Å². The van der Waals surface area contributed by atoms with E-state index < -0.39 is 61.0 Å². The number of aromatic amines is 1. The van der Waals surface area contributed by atoms with E-state index in [2.05, 4.69) is 25.3 Å². The van der Waals surface area contributed by atoms with Crippen molar-refractivity contribution >= 4 is 17.0 Å². The summed E-state index contributed by atoms with van der Waals surface area (Å²) in [4.78, 5) is 15.5. The standard InChI is InChI=1S/C23H41N9O6/c24-8-13-20(17(34)14(27)23(37-13)38-19-12(26)7-11(25)16(33)18(19)35)36-6-4-2-1-3-5-28-21-15-22(30-9-29-15)32-10-31-21/h9-14,16-20,23,33-35H,1-8,24-27H2,(H2,28,29,30,31,32). The van der Waals surface area contributed by atoms with Crippen LogP contribution in [0.5, 0.6) is 0 Å². The van der Waals surface area contributed by atoms with Crippen molar-refractivity contribution in [3.8, 4) is 0 Å². The SMILES string of the molecule is NCC1OC(OC2C(N)CC(N)C(O)C2O)C(N)C(O)C1OCCCCCCNc1ncnc2[nH]cnc12. The van der Waals surface area contributed by atoms with Gasteiger partial charge in [0.25, 0.3) is 0 Å². The fraction of sp³-hybridized carbons (Fsp3) is 0.783. The molecule has 4 rings (SSSR count). The van der Waals surface area contributed by atoms with Gasteiger partial charge < -0.3 is 62.8 Å². The summed E-state index contributed by atoms with van der Waals surface area (Å²) in [7, 11) is 0. The molecule has 2 aliphatic rings. The molecule has 1 saturated carbocycles. The van der Waals surface area contributed by atoms with Gasteiger partial charge in [-0.3, -0.25) is 0 Å². The normalized spacial score (nSPS) is 36.0. The predicted molar refractivity (Wildman–Crippen MR) is 138 cm³/mol. The second-order valence-corrected chi connectivity index (χ2v) is 9.99. The Morgan fingerprint density at radius 2 is 1.76 bits per heavy atom. The maximum Gasteiger partial charge on any atom is 0.176 e. The molecular weight excluding hydrogens is 498 g/mol. The minimum atomic E-state index is -1.31. The Kier molecular flexibility index (Phi) is 10.2. The fourth-order valence-electron chi connectivity index (χ4n) is 4.98. The van der Waals surface area contributed by atoms with Crippen LogP contribution in [-0.2, 0) is 14.2 Å². The van der Waals surface area contributed by atoms with E-state index in [9.17, 15) is 15.3 Å². The average molecular weight is 540 g/mol. The summed E-state index contributed by atoms with van der Waals surface area (Å²) in [5.74, 6) is 0.706. The highest BCUT2D eigenvalue weighted by molar-refractivity contribution is 5.81. The highest BCUT2D eigenvalue weighted by Gasteiger charge is 2.48. The topological polar surface area (TPSA) is 259 Å². The van der Waals surface area contributed by atoms with Crippen molar-refractivity contribution in [2.45, 2.75) is 93.1 Å². The third-order valence-corrected chi connectivity index (χ3v) is 7.23. The zero-order valence-electron chi connectivity index (χ0n) is 21.3. The smallest absolute Gasteiger partial charge is 0.176 e. The second kappa shape index (κ2) is 13.3. The maximum absolute atomic E-state index is 10.9. The lowest BCUT2D eigenvalue weighted by molar-refractivity contribution is -0.293. The van der Waals surface area contributed by atoms with Crippen LogP contribution < -0.4 is 28.3 Å². The maximum atomic E-state index is 10.9. The van der Waals surface area contributed by atoms with E-state index in [0.29, 0.717) is 23.6 Å². The molecule has 15 nitrogen and oxygen atoms in total. The molecule has 0 amide bonds. The van der Waals surface area contributed by atoms with E-state index in [1.54, 1.807) is 6.33 Å². The molecule has 1 aliphatic carbocycles. The van der Waals surface area contributed by atoms with Crippen LogP contribution in [0.25, 0.3) is 11.2 Å². The molecule has 10 atom stereocenters. The number of aromatic nitrogens is 4. The summed E-state index contributed by atoms with van der Waals surface area (Å²) in [5, 5.41) is 34.6. The van der Waals surface area contributed by atoms with Crippen molar-refractivity contribution in [3.05, 3.63) is 12.7 Å². The number of ether oxygens (including phenoxy) is 3. The van der Waals surface area contributed by atoms with Crippen LogP contribution in [0.2, 0.25) is 0 Å². The first-order valence-corrected chi connectivity index (χ1v) is 13.1. The lowest BCUT2D eigenvalue weighted by Crippen LogP contribution is -2.67. The zero-order chi connectivity index (χ0) is 27.2. The minimum absolute atomic E-state index is 0.0685. The summed E-state index contributed by atoms with van der Waals surface area (Å²) in [5.41, 5.74) is 25.4. The number of hydrogen-bond acceptors (Lipinski definition) is 14. The van der Waals surface area contributed by atoms with Gasteiger partial charge in [-0.1, -0.05) is 12.8 Å². The number of nitrogens with two attached hydrogens (primary N) is 4. The van der Waals surface area contributed by atoms with Gasteiger partial charge in [0.1, 0.15) is 42.4 Å². The molecule has 1 aliphatic heterocycles. The molecule has 2 aromatic heterocycles. The van der Waals surface area contributed by atoms with Crippen molar-refractivity contribution < 1.29 is 29.5 Å². The number of fused-ring (bicyclic) bond motifs is 1. The lowest BCUT2D eigenvalue weighted by Gasteiger charge is -2.46. The number of unbranched alkanes of at least 4 members (excludes halogenated alkanes) is 3. The second-order valence-electron chi connectivity index (χ2n) is 9.99. The van der Waals surface area contributed by atoms with Gasteiger partial charge in [-0.2, -0.15) is 0 Å². The number of aliphatic hydroxyl groups excluding tert-OH is 3. The fourth-order valence-corrected chi connectivity index (χ4v) is 4.98. The van der Waals surface area contributed by atoms with Gasteiger partial charge in [-0.05, 0) is 19.3 Å². The van der Waals surface area contributed by atoms with E-state index in [4.69, 9.17) is 37.1 Å². The lowest BCUT2D eigenvalue weighted by atomic mass is 9.84. The molecular formula is C23H41N9O6. The largest absolute Gasteiger partial charge is 0.389 e. The first-order chi connectivity index (χ1) is 18.3. The summed E-state index contributed by atoms with van der Waals surface area (Å²) in [6.45, 7) is 1.23. The van der Waals surface area contributed by atoms with Crippen LogP contribution in [0.4, 0.5) is 5.82 Å². The number of hydrogen-bond donors (Lipinski definition) is 9. The van der Waals surface area contributed by atoms with Crippen molar-refractivity contribution in [3.63, 3.8) is 0 Å². The van der Waals surface area contributed by atoms with E-state index in [-0.39, 0.29) is 13.0 Å². The van der Waals surface area contributed by atoms with E-state index in [1.807, 2.05) is 0 Å². The monoisotopic (exact) mass is 539 g/mol. The third-order valence-electron chi connectivity index (χ3n) is 7.23. The van der Waals surface area contributed by atoms with Gasteiger partial charge in [0.2, 0.25) is 0 Å². The van der Waals surface area contributed by atoms with Crippen molar-refractivity contribution in [2.24, 2.45) is 22.9 Å². The van der Waals surface area contributed by atoms with Gasteiger partial charge in [0.05, 0.1) is 18.5 Å². The Balaban J connectivity index is 1.17. The van der Waals surface area contributed by atoms with Crippen LogP contribution >= 0.6 is 0 Å². The zero-order valence-corrected chi connectivity index (χ0v) is 21.3. The molecule has 10 unspecified atom stereocenters. The molecule has 38 heavy (non-hydrogen) atoms. The Hall–Kier alpha value is -2.05. The molecule has 15 heteroatoms. The molecule has 2 aromatic rings. The van der Waals surface area contributed by atoms with E-state index in [0.717, 1.165) is 32.2 Å². The summed E-state index contributed by atoms with van der Waals surface area (Å²) in [6.07, 6.45) is -0.0903. The molecule has 0 radical (unpaired) electrons. The Bertz CT molecular complexity index is 999. The summed E-state index contributed by atoms with van der Waals surface area (Å²) < 4.78 is 17.7. The Labute approximate surface area is 220 Å². The van der Waals surface area contributed by atoms with E-state index >= 15 is 0 Å². The molecule has 1 saturated heterocycles. The van der Waals surface area contributed by atoms with Gasteiger partial charge in [0, 0.05) is 31.8 Å². The van der Waals surface area contributed by atoms with Crippen LogP contribution in [0.1, 0.15) is 32.1 Å². The molecule has 0 spiro atoms. The molecule has 214 valence electrons. The van der Waals surface area contributed by atoms with Crippen molar-refractivity contribution in [1.82, 2.24) is 19.9 Å². The van der Waals surface area contributed by atoms with Crippen LogP contribution in [0, 0.1) is 0 Å². The number of H-pyrrole nitrogens is 1. The quantitative estimate of drug-likeness (QED) is 0.124. The van der Waals surface area contributed by atoms with Crippen LogP contribution in [0.15, 0.2) is 12.7 Å². The first-order valence-electron chi connectivity index (χ1n) is 13.1. The van der Waals surface area contributed by atoms with E-state index in [1.165, 1.54) is 6.33 Å². The number of anilines is 1. The summed E-state index contributed by atoms with van der Waals surface area (Å²) >= 11 is 0. The van der Waals surface area contributed by atoms with Gasteiger partial charge in [0.15, 0.2) is 17.8 Å². The highest BCUT2D eigenvalue weighted by Crippen LogP contribution is 2.28. The third kappa shape index (κ3) is 6.56. The summed E-state index contributed by atoms with van der Waals surface area (Å²) in [6, 6.07) is -2.27. The predicted octanol–water partition coefficient (Wildman–Crippen LogP) is -2.75. The van der Waals surface area contributed by atoms with Crippen molar-refractivity contribution in [2.75, 3.05) is 25.0 Å². The molecule has 2 fully saturated rings. The molecule has 3 heterocycles. The average Bonchev–Trinajstić information content (AvgIpc) is 3.40. The molecule has 13 N–H and O–H groups in total. The van der Waals surface area contributed by atoms with Gasteiger partial charge in [-0.15, -0.1) is 0 Å². The molecule has 0 bridgehead atoms. The first kappa shape index (κ1) is 28.9. The van der Waals surface area contributed by atoms with Crippen molar-refractivity contribution in [1.29, 1.82) is 0 Å². The Morgan fingerprint density at radius 1 is 0.974 bits per heavy atom. The number of nitrogens with zero attached hydrogens (tertiary/aromatic N) is 3. The minimum Gasteiger partial charge on any atom is -0.389 e.